The van der Waals surface area contributed by atoms with Crippen LogP contribution in [0, 0.1) is 5.92 Å². The lowest BCUT2D eigenvalue weighted by Crippen LogP contribution is -2.32. The molecule has 7 heteroatoms. The number of hydrogen-bond donors (Lipinski definition) is 1. The number of nitrogens with zero attached hydrogens (tertiary/aromatic N) is 2. The maximum Gasteiger partial charge on any atom is 0.227 e. The van der Waals surface area contributed by atoms with Crippen LogP contribution in [-0.2, 0) is 16.1 Å². The van der Waals surface area contributed by atoms with Crippen molar-refractivity contribution in [3.8, 4) is 11.5 Å². The number of benzene rings is 1. The highest BCUT2D eigenvalue weighted by Gasteiger charge is 2.36. The molecule has 1 N–H and O–H groups in total. The fraction of sp³-hybridized carbons (Fsp3) is 0.316. The molecule has 1 aliphatic rings. The molecular weight excluding hydrogens is 334 g/mol. The average Bonchev–Trinajstić information content (AvgIpc) is 3.08. The lowest BCUT2D eigenvalue weighted by Gasteiger charge is -2.20. The summed E-state index contributed by atoms with van der Waals surface area (Å²) >= 11 is 0. The molecule has 3 rings (SSSR count). The molecule has 1 atom stereocenters. The Bertz CT molecular complexity index is 795. The van der Waals surface area contributed by atoms with Crippen LogP contribution in [0.4, 0.5) is 5.69 Å². The Labute approximate surface area is 151 Å². The van der Waals surface area contributed by atoms with Crippen LogP contribution < -0.4 is 19.7 Å². The van der Waals surface area contributed by atoms with Crippen molar-refractivity contribution in [2.45, 2.75) is 13.0 Å². The van der Waals surface area contributed by atoms with E-state index in [1.807, 2.05) is 12.1 Å². The van der Waals surface area contributed by atoms with Gasteiger partial charge in [0.05, 0.1) is 25.8 Å². The molecule has 2 aromatic rings. The zero-order valence-electron chi connectivity index (χ0n) is 14.8. The first-order valence-corrected chi connectivity index (χ1v) is 8.31. The molecule has 1 aromatic heterocycles. The Hall–Kier alpha value is -3.09. The summed E-state index contributed by atoms with van der Waals surface area (Å²) in [5.74, 6) is 0.522. The molecule has 7 nitrogen and oxygen atoms in total. The number of methoxy groups -OCH3 is 2. The molecule has 1 aromatic carbocycles. The first kappa shape index (κ1) is 17.7. The van der Waals surface area contributed by atoms with Gasteiger partial charge in [-0.25, -0.2) is 0 Å². The van der Waals surface area contributed by atoms with E-state index in [2.05, 4.69) is 10.3 Å². The van der Waals surface area contributed by atoms with Gasteiger partial charge in [-0.1, -0.05) is 6.07 Å². The maximum atomic E-state index is 12.5. The van der Waals surface area contributed by atoms with Crippen molar-refractivity contribution < 1.29 is 19.1 Å². The van der Waals surface area contributed by atoms with Crippen molar-refractivity contribution in [1.29, 1.82) is 0 Å². The Morgan fingerprint density at radius 3 is 2.85 bits per heavy atom. The van der Waals surface area contributed by atoms with Crippen LogP contribution in [0.25, 0.3) is 0 Å². The van der Waals surface area contributed by atoms with E-state index in [9.17, 15) is 9.59 Å². The molecule has 2 amide bonds. The lowest BCUT2D eigenvalue weighted by molar-refractivity contribution is -0.126. The van der Waals surface area contributed by atoms with Crippen LogP contribution >= 0.6 is 0 Å². The quantitative estimate of drug-likeness (QED) is 0.854. The van der Waals surface area contributed by atoms with Crippen molar-refractivity contribution in [2.75, 3.05) is 25.7 Å². The van der Waals surface area contributed by atoms with Gasteiger partial charge < -0.3 is 19.7 Å². The molecule has 1 saturated heterocycles. The summed E-state index contributed by atoms with van der Waals surface area (Å²) < 4.78 is 10.6. The van der Waals surface area contributed by atoms with Crippen molar-refractivity contribution in [2.24, 2.45) is 5.92 Å². The van der Waals surface area contributed by atoms with Gasteiger partial charge in [0.1, 0.15) is 11.5 Å². The molecular formula is C19H21N3O4. The average molecular weight is 355 g/mol. The molecule has 0 radical (unpaired) electrons. The molecule has 26 heavy (non-hydrogen) atoms. The molecule has 0 spiro atoms. The number of rotatable bonds is 6. The van der Waals surface area contributed by atoms with E-state index in [-0.39, 0.29) is 18.2 Å². The van der Waals surface area contributed by atoms with Gasteiger partial charge in [0.25, 0.3) is 0 Å². The zero-order valence-corrected chi connectivity index (χ0v) is 14.8. The molecule has 0 aliphatic carbocycles. The molecule has 0 saturated carbocycles. The second kappa shape index (κ2) is 7.86. The van der Waals surface area contributed by atoms with Gasteiger partial charge in [-0.15, -0.1) is 0 Å². The Morgan fingerprint density at radius 2 is 2.15 bits per heavy atom. The van der Waals surface area contributed by atoms with Gasteiger partial charge in [0, 0.05) is 38.0 Å². The maximum absolute atomic E-state index is 12.5. The summed E-state index contributed by atoms with van der Waals surface area (Å²) in [5.41, 5.74) is 1.52. The van der Waals surface area contributed by atoms with E-state index in [0.717, 1.165) is 5.56 Å². The van der Waals surface area contributed by atoms with Crippen molar-refractivity contribution in [3.63, 3.8) is 0 Å². The van der Waals surface area contributed by atoms with Gasteiger partial charge in [-0.2, -0.15) is 0 Å². The Kier molecular flexibility index (Phi) is 5.36. The fourth-order valence-electron chi connectivity index (χ4n) is 2.96. The summed E-state index contributed by atoms with van der Waals surface area (Å²) in [6, 6.07) is 8.96. The Morgan fingerprint density at radius 1 is 1.31 bits per heavy atom. The molecule has 1 unspecified atom stereocenters. The Balaban J connectivity index is 1.69. The van der Waals surface area contributed by atoms with Crippen LogP contribution in [0.3, 0.4) is 0 Å². The summed E-state index contributed by atoms with van der Waals surface area (Å²) in [6.45, 7) is 0.696. The first-order valence-electron chi connectivity index (χ1n) is 8.31. The predicted octanol–water partition coefficient (Wildman–Crippen LogP) is 1.77. The number of aromatic nitrogens is 1. The highest BCUT2D eigenvalue weighted by atomic mass is 16.5. The smallest absolute Gasteiger partial charge is 0.227 e. The minimum absolute atomic E-state index is 0.113. The van der Waals surface area contributed by atoms with E-state index >= 15 is 0 Å². The second-order valence-corrected chi connectivity index (χ2v) is 6.02. The number of hydrogen-bond acceptors (Lipinski definition) is 5. The van der Waals surface area contributed by atoms with Gasteiger partial charge in [0.2, 0.25) is 11.8 Å². The largest absolute Gasteiger partial charge is 0.497 e. The minimum atomic E-state index is -0.407. The highest BCUT2D eigenvalue weighted by molar-refractivity contribution is 6.01. The van der Waals surface area contributed by atoms with E-state index < -0.39 is 5.92 Å². The number of pyridine rings is 1. The second-order valence-electron chi connectivity index (χ2n) is 6.02. The minimum Gasteiger partial charge on any atom is -0.497 e. The SMILES string of the molecule is COc1ccc(OC)c(N2CC(C(=O)NCc3cccnc3)CC2=O)c1. The van der Waals surface area contributed by atoms with Gasteiger partial charge >= 0.3 is 0 Å². The molecule has 136 valence electrons. The number of carbonyl (C=O) groups excluding carboxylic acids is 2. The summed E-state index contributed by atoms with van der Waals surface area (Å²) in [4.78, 5) is 30.5. The van der Waals surface area contributed by atoms with Crippen molar-refractivity contribution in [3.05, 3.63) is 48.3 Å². The van der Waals surface area contributed by atoms with Gasteiger partial charge in [-0.05, 0) is 23.8 Å². The zero-order chi connectivity index (χ0) is 18.5. The number of anilines is 1. The molecule has 1 fully saturated rings. The summed E-state index contributed by atoms with van der Waals surface area (Å²) in [7, 11) is 3.11. The predicted molar refractivity (Wildman–Crippen MR) is 96.1 cm³/mol. The van der Waals surface area contributed by atoms with Crippen LogP contribution in [0.1, 0.15) is 12.0 Å². The third-order valence-corrected chi connectivity index (χ3v) is 4.36. The standard InChI is InChI=1S/C19H21N3O4/c1-25-15-5-6-17(26-2)16(9-15)22-12-14(8-18(22)23)19(24)21-11-13-4-3-7-20-10-13/h3-7,9-10,14H,8,11-12H2,1-2H3,(H,21,24). The van der Waals surface area contributed by atoms with E-state index in [1.165, 1.54) is 0 Å². The monoisotopic (exact) mass is 355 g/mol. The van der Waals surface area contributed by atoms with E-state index in [4.69, 9.17) is 9.47 Å². The first-order chi connectivity index (χ1) is 12.6. The van der Waals surface area contributed by atoms with Crippen LogP contribution in [0.15, 0.2) is 42.7 Å². The van der Waals surface area contributed by atoms with Crippen molar-refractivity contribution >= 4 is 17.5 Å². The van der Waals surface area contributed by atoms with Crippen LogP contribution in [0.2, 0.25) is 0 Å². The third-order valence-electron chi connectivity index (χ3n) is 4.36. The normalized spacial score (nSPS) is 16.5. The molecule has 1 aliphatic heterocycles. The van der Waals surface area contributed by atoms with Crippen molar-refractivity contribution in [1.82, 2.24) is 10.3 Å². The molecule has 0 bridgehead atoms. The third kappa shape index (κ3) is 3.77. The van der Waals surface area contributed by atoms with Gasteiger partial charge in [-0.3, -0.25) is 14.6 Å². The number of carbonyl (C=O) groups is 2. The molecule has 2 heterocycles. The van der Waals surface area contributed by atoms with Crippen LogP contribution in [0.5, 0.6) is 11.5 Å². The fourth-order valence-corrected chi connectivity index (χ4v) is 2.96. The van der Waals surface area contributed by atoms with Crippen LogP contribution in [-0.4, -0.2) is 37.6 Å². The highest BCUT2D eigenvalue weighted by Crippen LogP contribution is 2.36. The summed E-state index contributed by atoms with van der Waals surface area (Å²) in [6.07, 6.45) is 3.55. The topological polar surface area (TPSA) is 80.8 Å². The summed E-state index contributed by atoms with van der Waals surface area (Å²) in [5, 5.41) is 2.87. The number of amides is 2. The number of nitrogens with one attached hydrogen (secondary N) is 1. The lowest BCUT2D eigenvalue weighted by atomic mass is 10.1. The number of ether oxygens (including phenoxy) is 2. The van der Waals surface area contributed by atoms with E-state index in [1.54, 1.807) is 49.7 Å². The van der Waals surface area contributed by atoms with E-state index in [0.29, 0.717) is 30.3 Å². The van der Waals surface area contributed by atoms with Gasteiger partial charge in [0.15, 0.2) is 0 Å².